The molecule has 2 N–H and O–H groups in total. The highest BCUT2D eigenvalue weighted by atomic mass is 16.5. The molecule has 4 heteroatoms. The van der Waals surface area contributed by atoms with E-state index < -0.39 is 0 Å². The van der Waals surface area contributed by atoms with E-state index in [9.17, 15) is 4.79 Å². The van der Waals surface area contributed by atoms with Gasteiger partial charge in [-0.3, -0.25) is 4.79 Å². The van der Waals surface area contributed by atoms with Gasteiger partial charge in [0, 0.05) is 5.69 Å². The van der Waals surface area contributed by atoms with Crippen LogP contribution in [-0.4, -0.2) is 25.6 Å². The first-order chi connectivity index (χ1) is 7.76. The summed E-state index contributed by atoms with van der Waals surface area (Å²) in [6.45, 7) is 5.67. The first-order valence-corrected chi connectivity index (χ1v) is 5.49. The standard InChI is InChI=1S/C12H18N2O2/c1-3-13-9-12(15)14-10-5-7-11(8-6-10)16-4-2/h5-8,13H,3-4,9H2,1-2H3,(H,14,15). The molecule has 0 radical (unpaired) electrons. The van der Waals surface area contributed by atoms with E-state index in [2.05, 4.69) is 10.6 Å². The second-order valence-electron chi connectivity index (χ2n) is 3.29. The second kappa shape index (κ2) is 6.85. The van der Waals surface area contributed by atoms with E-state index in [1.165, 1.54) is 0 Å². The molecule has 0 atom stereocenters. The minimum Gasteiger partial charge on any atom is -0.494 e. The third-order valence-corrected chi connectivity index (χ3v) is 1.98. The van der Waals surface area contributed by atoms with Gasteiger partial charge in [-0.2, -0.15) is 0 Å². The summed E-state index contributed by atoms with van der Waals surface area (Å²) < 4.78 is 5.31. The maximum absolute atomic E-state index is 11.4. The molecule has 0 aliphatic carbocycles. The van der Waals surface area contributed by atoms with Gasteiger partial charge in [-0.05, 0) is 37.7 Å². The Kier molecular flexibility index (Phi) is 5.36. The smallest absolute Gasteiger partial charge is 0.238 e. The molecule has 0 aromatic heterocycles. The summed E-state index contributed by atoms with van der Waals surface area (Å²) in [4.78, 5) is 11.4. The van der Waals surface area contributed by atoms with Gasteiger partial charge in [0.15, 0.2) is 0 Å². The number of likely N-dealkylation sites (N-methyl/N-ethyl adjacent to an activating group) is 1. The molecule has 1 amide bonds. The number of hydrogen-bond acceptors (Lipinski definition) is 3. The van der Waals surface area contributed by atoms with E-state index in [1.807, 2.05) is 38.1 Å². The van der Waals surface area contributed by atoms with E-state index in [0.717, 1.165) is 18.0 Å². The number of benzene rings is 1. The fourth-order valence-electron chi connectivity index (χ4n) is 1.24. The monoisotopic (exact) mass is 222 g/mol. The second-order valence-corrected chi connectivity index (χ2v) is 3.29. The minimum atomic E-state index is -0.0361. The molecule has 0 fully saturated rings. The number of hydrogen-bond donors (Lipinski definition) is 2. The number of carbonyl (C=O) groups excluding carboxylic acids is 1. The molecule has 0 saturated heterocycles. The van der Waals surface area contributed by atoms with Gasteiger partial charge in [0.2, 0.25) is 5.91 Å². The van der Waals surface area contributed by atoms with Crippen molar-refractivity contribution < 1.29 is 9.53 Å². The molecule has 88 valence electrons. The van der Waals surface area contributed by atoms with Crippen molar-refractivity contribution in [3.05, 3.63) is 24.3 Å². The highest BCUT2D eigenvalue weighted by molar-refractivity contribution is 5.92. The largest absolute Gasteiger partial charge is 0.494 e. The van der Waals surface area contributed by atoms with Crippen LogP contribution in [0, 0.1) is 0 Å². The predicted octanol–water partition coefficient (Wildman–Crippen LogP) is 1.63. The third-order valence-electron chi connectivity index (χ3n) is 1.98. The number of anilines is 1. The zero-order valence-electron chi connectivity index (χ0n) is 9.75. The predicted molar refractivity (Wildman–Crippen MR) is 64.8 cm³/mol. The van der Waals surface area contributed by atoms with Crippen LogP contribution in [0.15, 0.2) is 24.3 Å². The molecule has 0 unspecified atom stereocenters. The van der Waals surface area contributed by atoms with Gasteiger partial charge in [-0.1, -0.05) is 6.92 Å². The molecular formula is C12H18N2O2. The molecule has 1 aromatic rings. The molecule has 0 heterocycles. The maximum Gasteiger partial charge on any atom is 0.238 e. The highest BCUT2D eigenvalue weighted by Crippen LogP contribution is 2.15. The Labute approximate surface area is 96.0 Å². The quantitative estimate of drug-likeness (QED) is 0.769. The van der Waals surface area contributed by atoms with Gasteiger partial charge in [0.25, 0.3) is 0 Å². The molecule has 1 rings (SSSR count). The van der Waals surface area contributed by atoms with Gasteiger partial charge in [-0.15, -0.1) is 0 Å². The Balaban J connectivity index is 2.45. The number of carbonyl (C=O) groups is 1. The molecule has 0 aliphatic rings. The van der Waals surface area contributed by atoms with Crippen molar-refractivity contribution in [1.82, 2.24) is 5.32 Å². The first kappa shape index (κ1) is 12.5. The lowest BCUT2D eigenvalue weighted by atomic mass is 10.3. The normalized spacial score (nSPS) is 9.88. The summed E-state index contributed by atoms with van der Waals surface area (Å²) in [6.07, 6.45) is 0. The molecule has 0 spiro atoms. The van der Waals surface area contributed by atoms with Crippen LogP contribution in [0.3, 0.4) is 0 Å². The Morgan fingerprint density at radius 3 is 2.50 bits per heavy atom. The van der Waals surface area contributed by atoms with Gasteiger partial charge < -0.3 is 15.4 Å². The lowest BCUT2D eigenvalue weighted by Gasteiger charge is -2.07. The summed E-state index contributed by atoms with van der Waals surface area (Å²) in [7, 11) is 0. The molecule has 16 heavy (non-hydrogen) atoms. The van der Waals surface area contributed by atoms with Crippen molar-refractivity contribution in [2.45, 2.75) is 13.8 Å². The topological polar surface area (TPSA) is 50.4 Å². The van der Waals surface area contributed by atoms with E-state index >= 15 is 0 Å². The highest BCUT2D eigenvalue weighted by Gasteiger charge is 2.00. The molecule has 0 bridgehead atoms. The minimum absolute atomic E-state index is 0.0361. The van der Waals surface area contributed by atoms with Gasteiger partial charge in [-0.25, -0.2) is 0 Å². The van der Waals surface area contributed by atoms with Gasteiger partial charge in [0.05, 0.1) is 13.2 Å². The van der Waals surface area contributed by atoms with Crippen LogP contribution in [0.2, 0.25) is 0 Å². The van der Waals surface area contributed by atoms with Crippen molar-refractivity contribution in [1.29, 1.82) is 0 Å². The first-order valence-electron chi connectivity index (χ1n) is 5.49. The van der Waals surface area contributed by atoms with E-state index in [4.69, 9.17) is 4.74 Å². The number of ether oxygens (including phenoxy) is 1. The van der Waals surface area contributed by atoms with E-state index in [0.29, 0.717) is 13.2 Å². The van der Waals surface area contributed by atoms with Crippen LogP contribution in [-0.2, 0) is 4.79 Å². The Morgan fingerprint density at radius 1 is 1.25 bits per heavy atom. The Bertz CT molecular complexity index is 322. The van der Waals surface area contributed by atoms with Gasteiger partial charge in [0.1, 0.15) is 5.75 Å². The molecule has 1 aromatic carbocycles. The average Bonchev–Trinajstić information content (AvgIpc) is 2.29. The lowest BCUT2D eigenvalue weighted by molar-refractivity contribution is -0.115. The summed E-state index contributed by atoms with van der Waals surface area (Å²) in [5.41, 5.74) is 0.784. The van der Waals surface area contributed by atoms with Crippen molar-refractivity contribution in [3.8, 4) is 5.75 Å². The van der Waals surface area contributed by atoms with Crippen molar-refractivity contribution in [2.24, 2.45) is 0 Å². The molecule has 4 nitrogen and oxygen atoms in total. The van der Waals surface area contributed by atoms with Crippen LogP contribution in [0.1, 0.15) is 13.8 Å². The van der Waals surface area contributed by atoms with Crippen LogP contribution in [0.4, 0.5) is 5.69 Å². The fourth-order valence-corrected chi connectivity index (χ4v) is 1.24. The SMILES string of the molecule is CCNCC(=O)Nc1ccc(OCC)cc1. The molecule has 0 aliphatic heterocycles. The zero-order valence-corrected chi connectivity index (χ0v) is 9.75. The number of nitrogens with one attached hydrogen (secondary N) is 2. The zero-order chi connectivity index (χ0) is 11.8. The summed E-state index contributed by atoms with van der Waals surface area (Å²) in [5, 5.41) is 5.75. The van der Waals surface area contributed by atoms with Gasteiger partial charge >= 0.3 is 0 Å². The Morgan fingerprint density at radius 2 is 1.94 bits per heavy atom. The van der Waals surface area contributed by atoms with E-state index in [1.54, 1.807) is 0 Å². The third kappa shape index (κ3) is 4.31. The van der Waals surface area contributed by atoms with Crippen LogP contribution in [0.25, 0.3) is 0 Å². The Hall–Kier alpha value is -1.55. The van der Waals surface area contributed by atoms with Crippen LogP contribution >= 0.6 is 0 Å². The number of amides is 1. The summed E-state index contributed by atoms with van der Waals surface area (Å²) in [5.74, 6) is 0.776. The lowest BCUT2D eigenvalue weighted by Crippen LogP contribution is -2.27. The average molecular weight is 222 g/mol. The fraction of sp³-hybridized carbons (Fsp3) is 0.417. The summed E-state index contributed by atoms with van der Waals surface area (Å²) >= 11 is 0. The maximum atomic E-state index is 11.4. The van der Waals surface area contributed by atoms with Crippen LogP contribution in [0.5, 0.6) is 5.75 Å². The van der Waals surface area contributed by atoms with Crippen molar-refractivity contribution in [2.75, 3.05) is 25.0 Å². The van der Waals surface area contributed by atoms with E-state index in [-0.39, 0.29) is 5.91 Å². The number of rotatable bonds is 6. The summed E-state index contributed by atoms with van der Waals surface area (Å²) in [6, 6.07) is 7.34. The molecular weight excluding hydrogens is 204 g/mol. The van der Waals surface area contributed by atoms with Crippen molar-refractivity contribution in [3.63, 3.8) is 0 Å². The van der Waals surface area contributed by atoms with Crippen molar-refractivity contribution >= 4 is 11.6 Å². The molecule has 0 saturated carbocycles. The van der Waals surface area contributed by atoms with Crippen LogP contribution < -0.4 is 15.4 Å².